The molecule has 0 saturated heterocycles. The summed E-state index contributed by atoms with van der Waals surface area (Å²) in [6, 6.07) is 10.9. The lowest BCUT2D eigenvalue weighted by molar-refractivity contribution is 0.182. The number of pyridine rings is 1. The number of benzene rings is 1. The molecule has 156 valence electrons. The molecule has 1 N–H and O–H groups in total. The summed E-state index contributed by atoms with van der Waals surface area (Å²) in [6.07, 6.45) is 5.52. The fraction of sp³-hybridized carbons (Fsp3) is 0.273. The third-order valence-electron chi connectivity index (χ3n) is 5.24. The van der Waals surface area contributed by atoms with Gasteiger partial charge in [0.15, 0.2) is 11.5 Å². The van der Waals surface area contributed by atoms with E-state index in [1.54, 1.807) is 45.9 Å². The van der Waals surface area contributed by atoms with Crippen LogP contribution in [0.15, 0.2) is 55.0 Å². The lowest BCUT2D eigenvalue weighted by atomic mass is 10.0. The topological polar surface area (TPSA) is 77.9 Å². The molecule has 0 unspecified atom stereocenters. The number of methoxy groups -OCH3 is 3. The number of aromatic nitrogens is 2. The van der Waals surface area contributed by atoms with Gasteiger partial charge in [0.1, 0.15) is 0 Å². The molecule has 2 aromatic heterocycles. The van der Waals surface area contributed by atoms with Gasteiger partial charge in [-0.1, -0.05) is 0 Å². The predicted molar refractivity (Wildman–Crippen MR) is 112 cm³/mol. The van der Waals surface area contributed by atoms with Crippen LogP contribution in [0, 0.1) is 0 Å². The van der Waals surface area contributed by atoms with E-state index in [4.69, 9.17) is 14.2 Å². The molecule has 0 fully saturated rings. The number of hydrogen-bond acceptors (Lipinski definition) is 5. The zero-order valence-corrected chi connectivity index (χ0v) is 17.2. The van der Waals surface area contributed by atoms with E-state index in [0.29, 0.717) is 29.5 Å². The van der Waals surface area contributed by atoms with Crippen molar-refractivity contribution in [2.24, 2.45) is 0 Å². The van der Waals surface area contributed by atoms with Gasteiger partial charge in [-0.05, 0) is 29.8 Å². The van der Waals surface area contributed by atoms with Gasteiger partial charge in [0.05, 0.1) is 33.1 Å². The van der Waals surface area contributed by atoms with Crippen molar-refractivity contribution in [1.29, 1.82) is 0 Å². The van der Waals surface area contributed by atoms with Crippen LogP contribution >= 0.6 is 0 Å². The Morgan fingerprint density at radius 1 is 1.03 bits per heavy atom. The molecule has 0 spiro atoms. The van der Waals surface area contributed by atoms with Gasteiger partial charge in [-0.15, -0.1) is 0 Å². The Hall–Kier alpha value is -3.68. The van der Waals surface area contributed by atoms with Crippen LogP contribution in [-0.4, -0.2) is 48.4 Å². The second kappa shape index (κ2) is 8.36. The summed E-state index contributed by atoms with van der Waals surface area (Å²) in [5, 5.41) is 2.98. The molecule has 3 aromatic rings. The molecule has 30 heavy (non-hydrogen) atoms. The molecule has 4 rings (SSSR count). The number of fused-ring (bicyclic) bond motifs is 1. The smallest absolute Gasteiger partial charge is 0.322 e. The van der Waals surface area contributed by atoms with Crippen LogP contribution in [0.5, 0.6) is 17.2 Å². The molecule has 1 aromatic carbocycles. The standard InChI is InChI=1S/C22H24N4O4/c1-28-18-13-16(14-19(29-2)21(18)30-3)24-22(27)26-12-11-25-10-4-5-17(25)20(26)15-6-8-23-9-7-15/h4-10,13-14,20H,11-12H2,1-3H3,(H,24,27)/t20-/m0/s1. The molecule has 2 amide bonds. The van der Waals surface area contributed by atoms with E-state index < -0.39 is 0 Å². The van der Waals surface area contributed by atoms with Crippen LogP contribution in [0.1, 0.15) is 17.3 Å². The van der Waals surface area contributed by atoms with E-state index in [1.165, 1.54) is 0 Å². The summed E-state index contributed by atoms with van der Waals surface area (Å²) in [4.78, 5) is 19.3. The van der Waals surface area contributed by atoms with E-state index in [0.717, 1.165) is 17.8 Å². The van der Waals surface area contributed by atoms with Crippen molar-refractivity contribution in [2.45, 2.75) is 12.6 Å². The minimum Gasteiger partial charge on any atom is -0.493 e. The average molecular weight is 408 g/mol. The molecule has 8 heteroatoms. The summed E-state index contributed by atoms with van der Waals surface area (Å²) in [6.45, 7) is 1.30. The van der Waals surface area contributed by atoms with Crippen molar-refractivity contribution in [3.8, 4) is 17.2 Å². The van der Waals surface area contributed by atoms with Crippen molar-refractivity contribution in [1.82, 2.24) is 14.5 Å². The highest BCUT2D eigenvalue weighted by atomic mass is 16.5. The van der Waals surface area contributed by atoms with Gasteiger partial charge in [0.2, 0.25) is 5.75 Å². The van der Waals surface area contributed by atoms with Gasteiger partial charge in [-0.25, -0.2) is 4.79 Å². The first-order chi connectivity index (χ1) is 14.7. The maximum absolute atomic E-state index is 13.3. The number of amides is 2. The molecule has 0 saturated carbocycles. The molecule has 1 aliphatic rings. The summed E-state index contributed by atoms with van der Waals surface area (Å²) < 4.78 is 18.3. The molecule has 1 aliphatic heterocycles. The van der Waals surface area contributed by atoms with Crippen molar-refractivity contribution in [2.75, 3.05) is 33.2 Å². The number of rotatable bonds is 5. The number of nitrogens with one attached hydrogen (secondary N) is 1. The lowest BCUT2D eigenvalue weighted by Crippen LogP contribution is -2.44. The van der Waals surface area contributed by atoms with Crippen LogP contribution in [0.3, 0.4) is 0 Å². The Kier molecular flexibility index (Phi) is 5.47. The zero-order valence-electron chi connectivity index (χ0n) is 17.2. The number of carbonyl (C=O) groups is 1. The van der Waals surface area contributed by atoms with Crippen molar-refractivity contribution in [3.05, 3.63) is 66.2 Å². The van der Waals surface area contributed by atoms with Crippen molar-refractivity contribution in [3.63, 3.8) is 0 Å². The summed E-state index contributed by atoms with van der Waals surface area (Å²) >= 11 is 0. The van der Waals surface area contributed by atoms with E-state index in [9.17, 15) is 4.79 Å². The molecule has 1 atom stereocenters. The van der Waals surface area contributed by atoms with Gasteiger partial charge >= 0.3 is 6.03 Å². The van der Waals surface area contributed by atoms with Gasteiger partial charge < -0.3 is 29.0 Å². The zero-order chi connectivity index (χ0) is 21.1. The third kappa shape index (κ3) is 3.52. The maximum Gasteiger partial charge on any atom is 0.322 e. The minimum absolute atomic E-state index is 0.209. The maximum atomic E-state index is 13.3. The molecule has 0 bridgehead atoms. The quantitative estimate of drug-likeness (QED) is 0.699. The molecule has 3 heterocycles. The Balaban J connectivity index is 1.66. The van der Waals surface area contributed by atoms with Crippen LogP contribution < -0.4 is 19.5 Å². The summed E-state index contributed by atoms with van der Waals surface area (Å²) in [7, 11) is 4.63. The lowest BCUT2D eigenvalue weighted by Gasteiger charge is -2.37. The van der Waals surface area contributed by atoms with E-state index >= 15 is 0 Å². The van der Waals surface area contributed by atoms with E-state index in [1.807, 2.05) is 35.4 Å². The number of ether oxygens (including phenoxy) is 3. The Morgan fingerprint density at radius 2 is 1.73 bits per heavy atom. The predicted octanol–water partition coefficient (Wildman–Crippen LogP) is 3.55. The average Bonchev–Trinajstić information content (AvgIpc) is 3.27. The van der Waals surface area contributed by atoms with Gasteiger partial charge in [-0.2, -0.15) is 0 Å². The molecular formula is C22H24N4O4. The fourth-order valence-corrected chi connectivity index (χ4v) is 3.85. The highest BCUT2D eigenvalue weighted by Crippen LogP contribution is 2.40. The second-order valence-electron chi connectivity index (χ2n) is 6.85. The minimum atomic E-state index is -0.210. The van der Waals surface area contributed by atoms with Crippen LogP contribution in [0.2, 0.25) is 0 Å². The van der Waals surface area contributed by atoms with E-state index in [2.05, 4.69) is 14.9 Å². The highest BCUT2D eigenvalue weighted by molar-refractivity contribution is 5.91. The highest BCUT2D eigenvalue weighted by Gasteiger charge is 2.32. The molecule has 0 radical (unpaired) electrons. The Bertz CT molecular complexity index is 1010. The number of carbonyl (C=O) groups excluding carboxylic acids is 1. The first-order valence-electron chi connectivity index (χ1n) is 9.59. The summed E-state index contributed by atoms with van der Waals surface area (Å²) in [5.41, 5.74) is 2.63. The van der Waals surface area contributed by atoms with E-state index in [-0.39, 0.29) is 12.1 Å². The first-order valence-corrected chi connectivity index (χ1v) is 9.59. The first kappa shape index (κ1) is 19.6. The Morgan fingerprint density at radius 3 is 2.37 bits per heavy atom. The molecular weight excluding hydrogens is 384 g/mol. The molecule has 8 nitrogen and oxygen atoms in total. The number of urea groups is 1. The Labute approximate surface area is 175 Å². The number of nitrogens with zero attached hydrogens (tertiary/aromatic N) is 3. The van der Waals surface area contributed by atoms with Gasteiger partial charge in [-0.3, -0.25) is 4.98 Å². The normalized spacial score (nSPS) is 15.3. The fourth-order valence-electron chi connectivity index (χ4n) is 3.85. The third-order valence-corrected chi connectivity index (χ3v) is 5.24. The summed E-state index contributed by atoms with van der Waals surface area (Å²) in [5.74, 6) is 1.43. The second-order valence-corrected chi connectivity index (χ2v) is 6.85. The van der Waals surface area contributed by atoms with Crippen LogP contribution in [-0.2, 0) is 6.54 Å². The largest absolute Gasteiger partial charge is 0.493 e. The number of anilines is 1. The monoisotopic (exact) mass is 408 g/mol. The van der Waals surface area contributed by atoms with Crippen LogP contribution in [0.4, 0.5) is 10.5 Å². The number of hydrogen-bond donors (Lipinski definition) is 1. The van der Waals surface area contributed by atoms with Gasteiger partial charge in [0, 0.05) is 49.5 Å². The van der Waals surface area contributed by atoms with Crippen LogP contribution in [0.25, 0.3) is 0 Å². The molecule has 0 aliphatic carbocycles. The SMILES string of the molecule is COc1cc(NC(=O)N2CCn3cccc3[C@@H]2c2ccncc2)cc(OC)c1OC. The van der Waals surface area contributed by atoms with Crippen molar-refractivity contribution < 1.29 is 19.0 Å². The van der Waals surface area contributed by atoms with Crippen molar-refractivity contribution >= 4 is 11.7 Å². The van der Waals surface area contributed by atoms with Gasteiger partial charge in [0.25, 0.3) is 0 Å².